The van der Waals surface area contributed by atoms with Gasteiger partial charge in [0, 0.05) is 5.02 Å². The lowest BCUT2D eigenvalue weighted by molar-refractivity contribution is -0.117. The number of halogens is 1. The lowest BCUT2D eigenvalue weighted by Crippen LogP contribution is -2.34. The number of nitrogen functional groups attached to an aromatic ring is 1. The van der Waals surface area contributed by atoms with Crippen LogP contribution in [0.2, 0.25) is 5.02 Å². The average Bonchev–Trinajstić information content (AvgIpc) is 2.45. The van der Waals surface area contributed by atoms with Gasteiger partial charge in [-0.2, -0.15) is 0 Å². The molecule has 0 heterocycles. The summed E-state index contributed by atoms with van der Waals surface area (Å²) in [6, 6.07) is 5.09. The number of hydrogen-bond acceptors (Lipinski definition) is 3. The summed E-state index contributed by atoms with van der Waals surface area (Å²) in [6.45, 7) is 6.62. The Morgan fingerprint density at radius 1 is 1.24 bits per heavy atom. The molecule has 1 aromatic carbocycles. The molecular weight excluding hydrogens is 286 g/mol. The highest BCUT2D eigenvalue weighted by atomic mass is 35.5. The summed E-state index contributed by atoms with van der Waals surface area (Å²) < 4.78 is 0. The summed E-state index contributed by atoms with van der Waals surface area (Å²) in [7, 11) is 0. The largest absolute Gasteiger partial charge is 0.397 e. The van der Waals surface area contributed by atoms with Crippen molar-refractivity contribution in [2.75, 3.05) is 30.7 Å². The second kappa shape index (κ2) is 9.64. The maximum absolute atomic E-state index is 12.2. The summed E-state index contributed by atoms with van der Waals surface area (Å²) in [5.74, 6) is -0.0452. The molecule has 0 aliphatic carbocycles. The Labute approximate surface area is 132 Å². The summed E-state index contributed by atoms with van der Waals surface area (Å²) in [6.07, 6.45) is 4.48. The lowest BCUT2D eigenvalue weighted by Gasteiger charge is -2.21. The minimum absolute atomic E-state index is 0.0452. The van der Waals surface area contributed by atoms with Crippen LogP contribution in [0.4, 0.5) is 11.4 Å². The Morgan fingerprint density at radius 2 is 1.86 bits per heavy atom. The first kappa shape index (κ1) is 17.8. The zero-order chi connectivity index (χ0) is 15.7. The Bertz CT molecular complexity index is 443. The molecule has 0 atom stereocenters. The highest BCUT2D eigenvalue weighted by molar-refractivity contribution is 6.31. The van der Waals surface area contributed by atoms with Crippen molar-refractivity contribution < 1.29 is 4.79 Å². The number of nitrogens with two attached hydrogens (primary N) is 1. The van der Waals surface area contributed by atoms with E-state index >= 15 is 0 Å². The van der Waals surface area contributed by atoms with Crippen LogP contribution in [-0.2, 0) is 4.79 Å². The van der Waals surface area contributed by atoms with Gasteiger partial charge < -0.3 is 11.1 Å². The number of rotatable bonds is 9. The molecule has 1 amide bonds. The van der Waals surface area contributed by atoms with Crippen molar-refractivity contribution in [3.05, 3.63) is 23.2 Å². The van der Waals surface area contributed by atoms with E-state index in [1.807, 2.05) is 0 Å². The zero-order valence-corrected chi connectivity index (χ0v) is 13.7. The molecule has 21 heavy (non-hydrogen) atoms. The van der Waals surface area contributed by atoms with E-state index in [9.17, 15) is 4.79 Å². The van der Waals surface area contributed by atoms with Crippen molar-refractivity contribution in [2.24, 2.45) is 0 Å². The van der Waals surface area contributed by atoms with Gasteiger partial charge >= 0.3 is 0 Å². The fourth-order valence-electron chi connectivity index (χ4n) is 2.06. The summed E-state index contributed by atoms with van der Waals surface area (Å²) in [5, 5.41) is 3.41. The van der Waals surface area contributed by atoms with E-state index < -0.39 is 0 Å². The second-order valence-electron chi connectivity index (χ2n) is 5.26. The number of carbonyl (C=O) groups excluding carboxylic acids is 1. The molecule has 0 spiro atoms. The molecule has 0 unspecified atom stereocenters. The van der Waals surface area contributed by atoms with E-state index in [-0.39, 0.29) is 5.91 Å². The van der Waals surface area contributed by atoms with E-state index in [0.717, 1.165) is 38.8 Å². The highest BCUT2D eigenvalue weighted by Crippen LogP contribution is 2.22. The second-order valence-corrected chi connectivity index (χ2v) is 5.70. The van der Waals surface area contributed by atoms with Gasteiger partial charge in [-0.3, -0.25) is 9.69 Å². The first-order valence-corrected chi connectivity index (χ1v) is 8.01. The van der Waals surface area contributed by atoms with E-state index in [0.29, 0.717) is 22.9 Å². The standard InChI is InChI=1S/C16H26ClN3O/c1-3-5-9-20(10-6-4-2)12-16(21)19-15-11-13(17)7-8-14(15)18/h7-8,11H,3-6,9-10,12,18H2,1-2H3,(H,19,21). The molecule has 0 saturated carbocycles. The minimum atomic E-state index is -0.0452. The van der Waals surface area contributed by atoms with Crippen molar-refractivity contribution in [3.63, 3.8) is 0 Å². The van der Waals surface area contributed by atoms with Gasteiger partial charge in [-0.25, -0.2) is 0 Å². The van der Waals surface area contributed by atoms with Gasteiger partial charge in [-0.1, -0.05) is 38.3 Å². The number of nitrogens with zero attached hydrogens (tertiary/aromatic N) is 1. The maximum atomic E-state index is 12.2. The van der Waals surface area contributed by atoms with Crippen LogP contribution in [0.15, 0.2) is 18.2 Å². The van der Waals surface area contributed by atoms with Gasteiger partial charge in [-0.15, -0.1) is 0 Å². The normalized spacial score (nSPS) is 10.9. The molecule has 118 valence electrons. The van der Waals surface area contributed by atoms with Crippen molar-refractivity contribution in [1.29, 1.82) is 0 Å². The molecular formula is C16H26ClN3O. The smallest absolute Gasteiger partial charge is 0.238 e. The van der Waals surface area contributed by atoms with Crippen molar-refractivity contribution >= 4 is 28.9 Å². The number of unbranched alkanes of at least 4 members (excludes halogenated alkanes) is 2. The third-order valence-corrected chi connectivity index (χ3v) is 3.55. The van der Waals surface area contributed by atoms with Gasteiger partial charge in [0.2, 0.25) is 5.91 Å². The first-order valence-electron chi connectivity index (χ1n) is 7.64. The number of amides is 1. The number of nitrogens with one attached hydrogen (secondary N) is 1. The quantitative estimate of drug-likeness (QED) is 0.683. The molecule has 0 radical (unpaired) electrons. The number of anilines is 2. The topological polar surface area (TPSA) is 58.4 Å². The average molecular weight is 312 g/mol. The molecule has 0 bridgehead atoms. The highest BCUT2D eigenvalue weighted by Gasteiger charge is 2.11. The van der Waals surface area contributed by atoms with Gasteiger partial charge in [-0.05, 0) is 44.1 Å². The third-order valence-electron chi connectivity index (χ3n) is 3.31. The van der Waals surface area contributed by atoms with E-state index in [1.54, 1.807) is 18.2 Å². The van der Waals surface area contributed by atoms with Crippen molar-refractivity contribution in [1.82, 2.24) is 4.90 Å². The van der Waals surface area contributed by atoms with Crippen LogP contribution in [0.5, 0.6) is 0 Å². The number of carbonyl (C=O) groups is 1. The minimum Gasteiger partial charge on any atom is -0.397 e. The number of benzene rings is 1. The Kier molecular flexibility index (Phi) is 8.16. The lowest BCUT2D eigenvalue weighted by atomic mass is 10.2. The molecule has 0 aliphatic heterocycles. The fraction of sp³-hybridized carbons (Fsp3) is 0.562. The molecule has 5 heteroatoms. The number of hydrogen-bond donors (Lipinski definition) is 2. The predicted octanol–water partition coefficient (Wildman–Crippen LogP) is 3.76. The van der Waals surface area contributed by atoms with Gasteiger partial charge in [0.05, 0.1) is 17.9 Å². The van der Waals surface area contributed by atoms with Crippen molar-refractivity contribution in [3.8, 4) is 0 Å². The zero-order valence-electron chi connectivity index (χ0n) is 13.0. The Balaban J connectivity index is 2.57. The molecule has 3 N–H and O–H groups in total. The molecule has 0 saturated heterocycles. The molecule has 1 rings (SSSR count). The molecule has 0 fully saturated rings. The van der Waals surface area contributed by atoms with Gasteiger partial charge in [0.25, 0.3) is 0 Å². The van der Waals surface area contributed by atoms with E-state index in [4.69, 9.17) is 17.3 Å². The van der Waals surface area contributed by atoms with Gasteiger partial charge in [0.1, 0.15) is 0 Å². The van der Waals surface area contributed by atoms with Crippen LogP contribution >= 0.6 is 11.6 Å². The maximum Gasteiger partial charge on any atom is 0.238 e. The van der Waals surface area contributed by atoms with Gasteiger partial charge in [0.15, 0.2) is 0 Å². The predicted molar refractivity (Wildman–Crippen MR) is 90.8 cm³/mol. The Morgan fingerprint density at radius 3 is 2.43 bits per heavy atom. The SMILES string of the molecule is CCCCN(CCCC)CC(=O)Nc1cc(Cl)ccc1N. The summed E-state index contributed by atoms with van der Waals surface area (Å²) >= 11 is 5.93. The van der Waals surface area contributed by atoms with Crippen LogP contribution in [0.1, 0.15) is 39.5 Å². The molecule has 1 aromatic rings. The summed E-state index contributed by atoms with van der Waals surface area (Å²) in [4.78, 5) is 14.4. The van der Waals surface area contributed by atoms with Crippen LogP contribution < -0.4 is 11.1 Å². The first-order chi connectivity index (χ1) is 10.1. The van der Waals surface area contributed by atoms with Crippen molar-refractivity contribution in [2.45, 2.75) is 39.5 Å². The van der Waals surface area contributed by atoms with Crippen LogP contribution in [0.3, 0.4) is 0 Å². The molecule has 0 aliphatic rings. The molecule has 4 nitrogen and oxygen atoms in total. The monoisotopic (exact) mass is 311 g/mol. The molecule has 0 aromatic heterocycles. The van der Waals surface area contributed by atoms with Crippen LogP contribution in [-0.4, -0.2) is 30.4 Å². The van der Waals surface area contributed by atoms with E-state index in [2.05, 4.69) is 24.1 Å². The van der Waals surface area contributed by atoms with Crippen LogP contribution in [0, 0.1) is 0 Å². The van der Waals surface area contributed by atoms with Crippen LogP contribution in [0.25, 0.3) is 0 Å². The third kappa shape index (κ3) is 6.82. The Hall–Kier alpha value is -1.26. The fourth-order valence-corrected chi connectivity index (χ4v) is 2.24. The van der Waals surface area contributed by atoms with E-state index in [1.165, 1.54) is 0 Å². The summed E-state index contributed by atoms with van der Waals surface area (Å²) in [5.41, 5.74) is 6.95.